The van der Waals surface area contributed by atoms with Gasteiger partial charge >= 0.3 is 0 Å². The average Bonchev–Trinajstić information content (AvgIpc) is 3.35. The Labute approximate surface area is 165 Å². The molecule has 28 heavy (non-hydrogen) atoms. The Balaban J connectivity index is 2.01. The third-order valence-electron chi connectivity index (χ3n) is 5.15. The molecule has 2 heterocycles. The lowest BCUT2D eigenvalue weighted by Gasteiger charge is -2.33. The Morgan fingerprint density at radius 3 is 2.61 bits per heavy atom. The van der Waals surface area contributed by atoms with Crippen LogP contribution in [0.15, 0.2) is 54.7 Å². The molecule has 0 aliphatic rings. The lowest BCUT2D eigenvalue weighted by molar-refractivity contribution is 0.403. The number of tetrazole rings is 1. The Morgan fingerprint density at radius 2 is 1.96 bits per heavy atom. The second kappa shape index (κ2) is 7.20. The van der Waals surface area contributed by atoms with Crippen molar-refractivity contribution >= 4 is 27.6 Å². The summed E-state index contributed by atoms with van der Waals surface area (Å²) >= 11 is 0. The highest BCUT2D eigenvalue weighted by Gasteiger charge is 2.39. The van der Waals surface area contributed by atoms with Gasteiger partial charge in [-0.25, -0.2) is 4.21 Å². The van der Waals surface area contributed by atoms with Crippen molar-refractivity contribution in [2.45, 2.75) is 25.8 Å². The SMILES string of the molecule is CCC(c1ccc(C)cc1)(c1nn[nH]n1)n1ccc2c(NS(C)=O)cccc21. The number of benzene rings is 2. The van der Waals surface area contributed by atoms with Crippen LogP contribution >= 0.6 is 0 Å². The van der Waals surface area contributed by atoms with E-state index in [0.29, 0.717) is 5.82 Å². The molecule has 0 spiro atoms. The highest BCUT2D eigenvalue weighted by molar-refractivity contribution is 7.85. The van der Waals surface area contributed by atoms with Gasteiger partial charge in [-0.2, -0.15) is 5.21 Å². The smallest absolute Gasteiger partial charge is 0.204 e. The van der Waals surface area contributed by atoms with Crippen LogP contribution in [0.3, 0.4) is 0 Å². The molecule has 2 atom stereocenters. The molecule has 0 saturated heterocycles. The Morgan fingerprint density at radius 1 is 1.18 bits per heavy atom. The zero-order chi connectivity index (χ0) is 19.7. The van der Waals surface area contributed by atoms with Crippen LogP contribution in [0.1, 0.15) is 30.3 Å². The Bertz CT molecular complexity index is 1120. The first-order valence-corrected chi connectivity index (χ1v) is 10.6. The standard InChI is InChI=1S/C20H22N6OS/c1-4-20(19-21-24-25-22-19,15-10-8-14(2)9-11-15)26-13-12-16-17(23-28(3)27)6-5-7-18(16)26/h5-13,23H,4H2,1-3H3,(H,21,22,24,25). The zero-order valence-corrected chi connectivity index (χ0v) is 16.8. The van der Waals surface area contributed by atoms with Gasteiger partial charge in [0.1, 0.15) is 16.5 Å². The van der Waals surface area contributed by atoms with E-state index in [2.05, 4.69) is 74.1 Å². The van der Waals surface area contributed by atoms with Crippen LogP contribution in [0.4, 0.5) is 5.69 Å². The first kappa shape index (κ1) is 18.4. The minimum absolute atomic E-state index is 0.605. The second-order valence-electron chi connectivity index (χ2n) is 6.80. The first-order valence-electron chi connectivity index (χ1n) is 9.08. The summed E-state index contributed by atoms with van der Waals surface area (Å²) in [6, 6.07) is 16.4. The van der Waals surface area contributed by atoms with Crippen molar-refractivity contribution in [3.05, 3.63) is 71.7 Å². The number of nitrogens with one attached hydrogen (secondary N) is 2. The van der Waals surface area contributed by atoms with E-state index in [0.717, 1.165) is 28.6 Å². The van der Waals surface area contributed by atoms with Crippen LogP contribution in [0.2, 0.25) is 0 Å². The number of aryl methyl sites for hydroxylation is 1. The van der Waals surface area contributed by atoms with E-state index >= 15 is 0 Å². The lowest BCUT2D eigenvalue weighted by Crippen LogP contribution is -2.36. The van der Waals surface area contributed by atoms with E-state index < -0.39 is 16.5 Å². The molecule has 2 aromatic carbocycles. The van der Waals surface area contributed by atoms with Crippen LogP contribution < -0.4 is 4.72 Å². The molecule has 0 fully saturated rings. The van der Waals surface area contributed by atoms with Crippen LogP contribution in [0.25, 0.3) is 10.9 Å². The molecule has 8 heteroatoms. The van der Waals surface area contributed by atoms with E-state index in [1.54, 1.807) is 6.26 Å². The normalized spacial score (nSPS) is 14.7. The van der Waals surface area contributed by atoms with E-state index in [9.17, 15) is 4.21 Å². The third kappa shape index (κ3) is 2.90. The fourth-order valence-corrected chi connectivity index (χ4v) is 4.31. The van der Waals surface area contributed by atoms with Gasteiger partial charge in [-0.1, -0.05) is 48.0 Å². The zero-order valence-electron chi connectivity index (χ0n) is 16.0. The molecule has 4 rings (SSSR count). The van der Waals surface area contributed by atoms with Gasteiger partial charge in [0, 0.05) is 17.8 Å². The van der Waals surface area contributed by atoms with Gasteiger partial charge in [0.05, 0.1) is 11.2 Å². The topological polar surface area (TPSA) is 88.5 Å². The van der Waals surface area contributed by atoms with Crippen LogP contribution in [0, 0.1) is 6.92 Å². The highest BCUT2D eigenvalue weighted by Crippen LogP contribution is 2.39. The number of fused-ring (bicyclic) bond motifs is 1. The highest BCUT2D eigenvalue weighted by atomic mass is 32.2. The monoisotopic (exact) mass is 394 g/mol. The van der Waals surface area contributed by atoms with Gasteiger partial charge in [0.25, 0.3) is 0 Å². The molecule has 0 radical (unpaired) electrons. The van der Waals surface area contributed by atoms with Crippen LogP contribution in [-0.4, -0.2) is 35.7 Å². The molecule has 144 valence electrons. The molecule has 2 aromatic heterocycles. The number of hydrogen-bond acceptors (Lipinski definition) is 4. The summed E-state index contributed by atoms with van der Waals surface area (Å²) in [6.07, 6.45) is 4.39. The minimum Gasteiger partial charge on any atom is -0.330 e. The van der Waals surface area contributed by atoms with E-state index in [1.165, 1.54) is 5.56 Å². The van der Waals surface area contributed by atoms with Crippen molar-refractivity contribution < 1.29 is 4.21 Å². The molecule has 0 saturated carbocycles. The van der Waals surface area contributed by atoms with Gasteiger partial charge in [0.2, 0.25) is 5.82 Å². The molecular formula is C20H22N6OS. The molecule has 7 nitrogen and oxygen atoms in total. The van der Waals surface area contributed by atoms with Gasteiger partial charge < -0.3 is 9.29 Å². The quantitative estimate of drug-likeness (QED) is 0.525. The molecular weight excluding hydrogens is 372 g/mol. The van der Waals surface area contributed by atoms with Crippen LogP contribution in [-0.2, 0) is 16.5 Å². The molecule has 0 aliphatic carbocycles. The van der Waals surface area contributed by atoms with Crippen molar-refractivity contribution in [3.8, 4) is 0 Å². The second-order valence-corrected chi connectivity index (χ2v) is 7.91. The molecule has 2 unspecified atom stereocenters. The summed E-state index contributed by atoms with van der Waals surface area (Å²) in [6.45, 7) is 4.19. The number of anilines is 1. The van der Waals surface area contributed by atoms with Gasteiger partial charge in [-0.3, -0.25) is 0 Å². The van der Waals surface area contributed by atoms with Crippen LogP contribution in [0.5, 0.6) is 0 Å². The average molecular weight is 395 g/mol. The predicted octanol–water partition coefficient (Wildman–Crippen LogP) is 3.37. The van der Waals surface area contributed by atoms with Gasteiger partial charge in [-0.15, -0.1) is 10.2 Å². The molecule has 0 aliphatic heterocycles. The van der Waals surface area contributed by atoms with Crippen molar-refractivity contribution in [2.75, 3.05) is 11.0 Å². The fraction of sp³-hybridized carbons (Fsp3) is 0.250. The number of H-pyrrole nitrogens is 1. The molecule has 2 N–H and O–H groups in total. The van der Waals surface area contributed by atoms with Crippen molar-refractivity contribution in [3.63, 3.8) is 0 Å². The molecule has 0 bridgehead atoms. The maximum Gasteiger partial charge on any atom is 0.204 e. The van der Waals surface area contributed by atoms with Gasteiger partial charge in [-0.05, 0) is 37.1 Å². The summed E-state index contributed by atoms with van der Waals surface area (Å²) < 4.78 is 16.9. The van der Waals surface area contributed by atoms with Gasteiger partial charge in [0.15, 0.2) is 0 Å². The summed E-state index contributed by atoms with van der Waals surface area (Å²) in [7, 11) is -1.15. The van der Waals surface area contributed by atoms with E-state index in [-0.39, 0.29) is 0 Å². The van der Waals surface area contributed by atoms with Crippen molar-refractivity contribution in [2.24, 2.45) is 0 Å². The third-order valence-corrected chi connectivity index (χ3v) is 5.66. The predicted molar refractivity (Wildman–Crippen MR) is 111 cm³/mol. The van der Waals surface area contributed by atoms with Crippen molar-refractivity contribution in [1.82, 2.24) is 25.2 Å². The maximum absolute atomic E-state index is 11.7. The number of nitrogens with zero attached hydrogens (tertiary/aromatic N) is 4. The molecule has 4 aromatic rings. The number of aromatic nitrogens is 5. The van der Waals surface area contributed by atoms with E-state index in [1.807, 2.05) is 24.4 Å². The van der Waals surface area contributed by atoms with Crippen molar-refractivity contribution in [1.29, 1.82) is 0 Å². The number of hydrogen-bond donors (Lipinski definition) is 2. The largest absolute Gasteiger partial charge is 0.330 e. The Hall–Kier alpha value is -3.00. The fourth-order valence-electron chi connectivity index (χ4n) is 3.82. The summed E-state index contributed by atoms with van der Waals surface area (Å²) in [5.74, 6) is 0.605. The summed E-state index contributed by atoms with van der Waals surface area (Å²) in [4.78, 5) is 0. The summed E-state index contributed by atoms with van der Waals surface area (Å²) in [5.41, 5.74) is 3.49. The molecule has 0 amide bonds. The van der Waals surface area contributed by atoms with E-state index in [4.69, 9.17) is 0 Å². The first-order chi connectivity index (χ1) is 13.6. The Kier molecular flexibility index (Phi) is 4.72. The minimum atomic E-state index is -1.15. The summed E-state index contributed by atoms with van der Waals surface area (Å²) in [5, 5.41) is 16.1. The number of aromatic amines is 1. The maximum atomic E-state index is 11.7. The number of rotatable bonds is 6. The lowest BCUT2D eigenvalue weighted by atomic mass is 9.85.